The average molecular weight is 296 g/mol. The molecule has 2 N–H and O–H groups in total. The maximum atomic E-state index is 12.6. The summed E-state index contributed by atoms with van der Waals surface area (Å²) in [5.74, 6) is -0.0175. The van der Waals surface area contributed by atoms with Crippen LogP contribution >= 0.6 is 0 Å². The SMILES string of the molecule is O=C(Nc1ccc2[nH]c(C(F)(F)F)cc2c1)C1CCCC1. The standard InChI is InChI=1S/C15H15F3N2O/c16-15(17,18)13-8-10-7-11(5-6-12(10)20-13)19-14(21)9-3-1-2-4-9/h5-9,20H,1-4H2,(H,19,21). The van der Waals surface area contributed by atoms with Gasteiger partial charge >= 0.3 is 6.18 Å². The number of alkyl halides is 3. The number of halogens is 3. The normalized spacial score (nSPS) is 16.5. The lowest BCUT2D eigenvalue weighted by atomic mass is 10.1. The van der Waals surface area contributed by atoms with Crippen molar-refractivity contribution in [3.8, 4) is 0 Å². The molecule has 0 aliphatic heterocycles. The Balaban J connectivity index is 1.82. The number of benzene rings is 1. The lowest BCUT2D eigenvalue weighted by molar-refractivity contribution is -0.140. The van der Waals surface area contributed by atoms with E-state index in [2.05, 4.69) is 10.3 Å². The number of H-pyrrole nitrogens is 1. The van der Waals surface area contributed by atoms with Gasteiger partial charge in [-0.1, -0.05) is 12.8 Å². The summed E-state index contributed by atoms with van der Waals surface area (Å²) in [6.45, 7) is 0. The van der Waals surface area contributed by atoms with Crippen molar-refractivity contribution in [2.75, 3.05) is 5.32 Å². The van der Waals surface area contributed by atoms with Crippen LogP contribution in [-0.2, 0) is 11.0 Å². The predicted octanol–water partition coefficient (Wildman–Crippen LogP) is 4.32. The van der Waals surface area contributed by atoms with Gasteiger partial charge in [0.15, 0.2) is 0 Å². The molecule has 0 atom stereocenters. The Kier molecular flexibility index (Phi) is 3.39. The fourth-order valence-electron chi connectivity index (χ4n) is 2.80. The first-order chi connectivity index (χ1) is 9.93. The molecule has 0 spiro atoms. The van der Waals surface area contributed by atoms with Gasteiger partial charge in [-0.2, -0.15) is 13.2 Å². The summed E-state index contributed by atoms with van der Waals surface area (Å²) in [6, 6.07) is 5.79. The second-order valence-electron chi connectivity index (χ2n) is 5.45. The first-order valence-corrected chi connectivity index (χ1v) is 6.94. The third kappa shape index (κ3) is 2.89. The van der Waals surface area contributed by atoms with E-state index >= 15 is 0 Å². The van der Waals surface area contributed by atoms with Gasteiger partial charge in [0.05, 0.1) is 0 Å². The van der Waals surface area contributed by atoms with Crippen LogP contribution in [0, 0.1) is 5.92 Å². The molecule has 3 rings (SSSR count). The van der Waals surface area contributed by atoms with Gasteiger partial charge in [-0.25, -0.2) is 0 Å². The highest BCUT2D eigenvalue weighted by atomic mass is 19.4. The number of aromatic nitrogens is 1. The van der Waals surface area contributed by atoms with Crippen molar-refractivity contribution in [1.82, 2.24) is 4.98 Å². The molecule has 1 aromatic heterocycles. The van der Waals surface area contributed by atoms with E-state index in [-0.39, 0.29) is 11.8 Å². The molecule has 0 saturated heterocycles. The number of nitrogens with one attached hydrogen (secondary N) is 2. The molecule has 1 aliphatic carbocycles. The Hall–Kier alpha value is -1.98. The highest BCUT2D eigenvalue weighted by Crippen LogP contribution is 2.32. The van der Waals surface area contributed by atoms with Crippen LogP contribution in [0.5, 0.6) is 0 Å². The molecule has 0 radical (unpaired) electrons. The van der Waals surface area contributed by atoms with Gasteiger partial charge in [0.2, 0.25) is 5.91 Å². The Labute approximate surface area is 119 Å². The molecule has 3 nitrogen and oxygen atoms in total. The van der Waals surface area contributed by atoms with E-state index in [1.54, 1.807) is 18.2 Å². The van der Waals surface area contributed by atoms with Crippen molar-refractivity contribution in [2.45, 2.75) is 31.9 Å². The Morgan fingerprint density at radius 1 is 1.19 bits per heavy atom. The molecule has 0 bridgehead atoms. The van der Waals surface area contributed by atoms with Crippen LogP contribution < -0.4 is 5.32 Å². The van der Waals surface area contributed by atoms with Gasteiger partial charge in [-0.3, -0.25) is 4.79 Å². The number of hydrogen-bond acceptors (Lipinski definition) is 1. The first kappa shape index (κ1) is 14.0. The molecule has 1 aliphatic rings. The molecule has 6 heteroatoms. The summed E-state index contributed by atoms with van der Waals surface area (Å²) in [6.07, 6.45) is -0.507. The van der Waals surface area contributed by atoms with Crippen molar-refractivity contribution >= 4 is 22.5 Å². The predicted molar refractivity (Wildman–Crippen MR) is 73.9 cm³/mol. The highest BCUT2D eigenvalue weighted by Gasteiger charge is 2.32. The van der Waals surface area contributed by atoms with Crippen LogP contribution in [0.4, 0.5) is 18.9 Å². The Bertz CT molecular complexity index is 669. The van der Waals surface area contributed by atoms with E-state index in [1.807, 2.05) is 0 Å². The van der Waals surface area contributed by atoms with E-state index in [0.717, 1.165) is 31.7 Å². The van der Waals surface area contributed by atoms with Crippen LogP contribution in [0.25, 0.3) is 10.9 Å². The van der Waals surface area contributed by atoms with Crippen LogP contribution in [0.3, 0.4) is 0 Å². The highest BCUT2D eigenvalue weighted by molar-refractivity contribution is 5.95. The summed E-state index contributed by atoms with van der Waals surface area (Å²) in [5.41, 5.74) is 0.157. The molecule has 0 unspecified atom stereocenters. The molecular weight excluding hydrogens is 281 g/mol. The third-order valence-electron chi connectivity index (χ3n) is 3.92. The smallest absolute Gasteiger partial charge is 0.351 e. The van der Waals surface area contributed by atoms with Crippen LogP contribution in [0.15, 0.2) is 24.3 Å². The summed E-state index contributed by atoms with van der Waals surface area (Å²) in [7, 11) is 0. The lowest BCUT2D eigenvalue weighted by Crippen LogP contribution is -2.20. The van der Waals surface area contributed by atoms with Crippen LogP contribution in [-0.4, -0.2) is 10.9 Å². The lowest BCUT2D eigenvalue weighted by Gasteiger charge is -2.10. The van der Waals surface area contributed by atoms with Crippen molar-refractivity contribution in [3.05, 3.63) is 30.0 Å². The summed E-state index contributed by atoms with van der Waals surface area (Å²) >= 11 is 0. The van der Waals surface area contributed by atoms with E-state index < -0.39 is 11.9 Å². The minimum absolute atomic E-state index is 0.0256. The minimum Gasteiger partial charge on any atom is -0.351 e. The number of rotatable bonds is 2. The molecule has 1 amide bonds. The largest absolute Gasteiger partial charge is 0.431 e. The topological polar surface area (TPSA) is 44.9 Å². The molecular formula is C15H15F3N2O. The second-order valence-corrected chi connectivity index (χ2v) is 5.45. The molecule has 2 aromatic rings. The molecule has 1 fully saturated rings. The number of anilines is 1. The molecule has 1 aromatic carbocycles. The molecule has 1 heterocycles. The maximum Gasteiger partial charge on any atom is 0.431 e. The number of amides is 1. The Morgan fingerprint density at radius 2 is 1.90 bits per heavy atom. The monoisotopic (exact) mass is 296 g/mol. The maximum absolute atomic E-state index is 12.6. The van der Waals surface area contributed by atoms with Gasteiger partial charge in [-0.15, -0.1) is 0 Å². The van der Waals surface area contributed by atoms with Gasteiger partial charge in [0.25, 0.3) is 0 Å². The van der Waals surface area contributed by atoms with Crippen LogP contribution in [0.1, 0.15) is 31.4 Å². The average Bonchev–Trinajstić information content (AvgIpc) is 3.06. The fourth-order valence-corrected chi connectivity index (χ4v) is 2.80. The number of aromatic amines is 1. The van der Waals surface area contributed by atoms with Crippen molar-refractivity contribution < 1.29 is 18.0 Å². The van der Waals surface area contributed by atoms with Crippen molar-refractivity contribution in [3.63, 3.8) is 0 Å². The molecule has 21 heavy (non-hydrogen) atoms. The fraction of sp³-hybridized carbons (Fsp3) is 0.400. The van der Waals surface area contributed by atoms with Crippen LogP contribution in [0.2, 0.25) is 0 Å². The quantitative estimate of drug-likeness (QED) is 0.852. The van der Waals surface area contributed by atoms with Gasteiger partial charge < -0.3 is 10.3 Å². The van der Waals surface area contributed by atoms with Gasteiger partial charge in [0, 0.05) is 22.5 Å². The minimum atomic E-state index is -4.40. The number of carbonyl (C=O) groups is 1. The van der Waals surface area contributed by atoms with Crippen molar-refractivity contribution in [1.29, 1.82) is 0 Å². The third-order valence-corrected chi connectivity index (χ3v) is 3.92. The number of fused-ring (bicyclic) bond motifs is 1. The van der Waals surface area contributed by atoms with E-state index in [9.17, 15) is 18.0 Å². The number of hydrogen-bond donors (Lipinski definition) is 2. The first-order valence-electron chi connectivity index (χ1n) is 6.94. The zero-order valence-corrected chi connectivity index (χ0v) is 11.3. The summed E-state index contributed by atoms with van der Waals surface area (Å²) < 4.78 is 37.9. The van der Waals surface area contributed by atoms with E-state index in [4.69, 9.17) is 0 Å². The summed E-state index contributed by atoms with van der Waals surface area (Å²) in [4.78, 5) is 14.3. The zero-order valence-electron chi connectivity index (χ0n) is 11.3. The zero-order chi connectivity index (χ0) is 15.0. The number of carbonyl (C=O) groups excluding carboxylic acids is 1. The van der Waals surface area contributed by atoms with E-state index in [1.165, 1.54) is 0 Å². The molecule has 1 saturated carbocycles. The second kappa shape index (κ2) is 5.09. The van der Waals surface area contributed by atoms with Gasteiger partial charge in [0.1, 0.15) is 5.69 Å². The van der Waals surface area contributed by atoms with Gasteiger partial charge in [-0.05, 0) is 37.1 Å². The van der Waals surface area contributed by atoms with E-state index in [0.29, 0.717) is 16.6 Å². The summed E-state index contributed by atoms with van der Waals surface area (Å²) in [5, 5.41) is 3.23. The van der Waals surface area contributed by atoms with Crippen molar-refractivity contribution in [2.24, 2.45) is 5.92 Å². The molecule has 112 valence electrons. The Morgan fingerprint density at radius 3 is 2.57 bits per heavy atom.